The summed E-state index contributed by atoms with van der Waals surface area (Å²) in [5, 5.41) is 8.50. The summed E-state index contributed by atoms with van der Waals surface area (Å²) in [6.45, 7) is 1.52. The van der Waals surface area contributed by atoms with Crippen molar-refractivity contribution in [1.82, 2.24) is 5.01 Å². The van der Waals surface area contributed by atoms with Gasteiger partial charge in [0.1, 0.15) is 0 Å². The zero-order valence-corrected chi connectivity index (χ0v) is 17.5. The molecule has 1 amide bonds. The maximum absolute atomic E-state index is 12.4. The van der Waals surface area contributed by atoms with Gasteiger partial charge in [-0.1, -0.05) is 36.4 Å². The van der Waals surface area contributed by atoms with Gasteiger partial charge in [-0.2, -0.15) is 5.10 Å². The summed E-state index contributed by atoms with van der Waals surface area (Å²) in [7, 11) is 4.73. The monoisotopic (exact) mass is 404 g/mol. The van der Waals surface area contributed by atoms with Crippen molar-refractivity contribution in [3.8, 4) is 17.2 Å². The van der Waals surface area contributed by atoms with Crippen LogP contribution in [0.1, 0.15) is 30.5 Å². The number of hydrogen-bond acceptors (Lipinski definition) is 5. The molecule has 154 valence electrons. The molecule has 1 aliphatic rings. The van der Waals surface area contributed by atoms with Crippen LogP contribution >= 0.6 is 0 Å². The van der Waals surface area contributed by atoms with Gasteiger partial charge in [0.05, 0.1) is 33.1 Å². The van der Waals surface area contributed by atoms with Crippen molar-refractivity contribution in [2.45, 2.75) is 19.4 Å². The molecule has 3 aromatic rings. The van der Waals surface area contributed by atoms with Crippen molar-refractivity contribution < 1.29 is 19.0 Å². The molecule has 0 spiro atoms. The van der Waals surface area contributed by atoms with Gasteiger partial charge in [0, 0.05) is 18.9 Å². The van der Waals surface area contributed by atoms with Crippen molar-refractivity contribution in [2.24, 2.45) is 5.10 Å². The molecule has 1 unspecified atom stereocenters. The van der Waals surface area contributed by atoms with Gasteiger partial charge in [-0.25, -0.2) is 5.01 Å². The molecule has 0 bridgehead atoms. The lowest BCUT2D eigenvalue weighted by atomic mass is 9.96. The molecule has 6 heteroatoms. The normalized spacial score (nSPS) is 15.8. The average Bonchev–Trinajstić information content (AvgIpc) is 3.23. The molecule has 0 fully saturated rings. The second kappa shape index (κ2) is 8.06. The summed E-state index contributed by atoms with van der Waals surface area (Å²) < 4.78 is 16.6. The third kappa shape index (κ3) is 3.34. The van der Waals surface area contributed by atoms with Gasteiger partial charge in [-0.3, -0.25) is 4.79 Å². The molecule has 1 heterocycles. The first-order valence-corrected chi connectivity index (χ1v) is 9.72. The van der Waals surface area contributed by atoms with Gasteiger partial charge < -0.3 is 14.2 Å². The predicted molar refractivity (Wildman–Crippen MR) is 116 cm³/mol. The molecule has 30 heavy (non-hydrogen) atoms. The van der Waals surface area contributed by atoms with Crippen LogP contribution in [0.2, 0.25) is 0 Å². The van der Waals surface area contributed by atoms with E-state index < -0.39 is 0 Å². The third-order valence-electron chi connectivity index (χ3n) is 5.41. The van der Waals surface area contributed by atoms with E-state index in [4.69, 9.17) is 14.2 Å². The molecule has 1 atom stereocenters. The molecule has 1 aliphatic heterocycles. The lowest BCUT2D eigenvalue weighted by molar-refractivity contribution is -0.130. The van der Waals surface area contributed by atoms with E-state index in [0.29, 0.717) is 23.7 Å². The molecule has 0 aliphatic carbocycles. The van der Waals surface area contributed by atoms with Crippen LogP contribution in [-0.4, -0.2) is 38.0 Å². The maximum atomic E-state index is 12.4. The fraction of sp³-hybridized carbons (Fsp3) is 0.250. The molecule has 4 rings (SSSR count). The summed E-state index contributed by atoms with van der Waals surface area (Å²) in [6, 6.07) is 17.9. The molecule has 0 radical (unpaired) electrons. The van der Waals surface area contributed by atoms with Gasteiger partial charge in [0.25, 0.3) is 0 Å². The number of hydrazone groups is 1. The Morgan fingerprint density at radius 3 is 2.33 bits per heavy atom. The second-order valence-electron chi connectivity index (χ2n) is 7.12. The quantitative estimate of drug-likeness (QED) is 0.625. The standard InChI is InChI=1S/C24H24N2O4/c1-15(27)26-21(19-11-12-22(28-2)24(30-4)23(19)29-3)14-20(25-26)18-10-9-16-7-5-6-8-17(16)13-18/h5-13,21H,14H2,1-4H3. The van der Waals surface area contributed by atoms with Crippen LogP contribution in [0, 0.1) is 0 Å². The lowest BCUT2D eigenvalue weighted by Crippen LogP contribution is -2.24. The van der Waals surface area contributed by atoms with E-state index in [0.717, 1.165) is 22.2 Å². The molecule has 3 aromatic carbocycles. The van der Waals surface area contributed by atoms with Gasteiger partial charge in [0.15, 0.2) is 11.5 Å². The molecule has 0 saturated carbocycles. The number of fused-ring (bicyclic) bond motifs is 1. The van der Waals surface area contributed by atoms with Crippen LogP contribution < -0.4 is 14.2 Å². The summed E-state index contributed by atoms with van der Waals surface area (Å²) in [6.07, 6.45) is 0.573. The smallest absolute Gasteiger partial charge is 0.240 e. The first-order valence-electron chi connectivity index (χ1n) is 9.72. The largest absolute Gasteiger partial charge is 0.493 e. The molecule has 0 N–H and O–H groups in total. The number of amides is 1. The van der Waals surface area contributed by atoms with Crippen LogP contribution in [0.4, 0.5) is 0 Å². The van der Waals surface area contributed by atoms with Crippen molar-refractivity contribution in [3.63, 3.8) is 0 Å². The van der Waals surface area contributed by atoms with E-state index in [2.05, 4.69) is 29.4 Å². The Morgan fingerprint density at radius 2 is 1.67 bits per heavy atom. The maximum Gasteiger partial charge on any atom is 0.240 e. The first-order chi connectivity index (χ1) is 14.6. The molecular formula is C24H24N2O4. The number of carbonyl (C=O) groups is 1. The van der Waals surface area contributed by atoms with Gasteiger partial charge in [0.2, 0.25) is 11.7 Å². The number of hydrogen-bond donors (Lipinski definition) is 0. The zero-order chi connectivity index (χ0) is 21.3. The number of carbonyl (C=O) groups excluding carboxylic acids is 1. The summed E-state index contributed by atoms with van der Waals surface area (Å²) in [5.74, 6) is 1.48. The van der Waals surface area contributed by atoms with Crippen LogP contribution in [0.25, 0.3) is 10.8 Å². The number of ether oxygens (including phenoxy) is 3. The van der Waals surface area contributed by atoms with Gasteiger partial charge in [-0.15, -0.1) is 0 Å². The summed E-state index contributed by atoms with van der Waals surface area (Å²) in [4.78, 5) is 12.4. The third-order valence-corrected chi connectivity index (χ3v) is 5.41. The number of methoxy groups -OCH3 is 3. The first kappa shape index (κ1) is 19.8. The van der Waals surface area contributed by atoms with E-state index in [1.807, 2.05) is 30.3 Å². The highest BCUT2D eigenvalue weighted by Crippen LogP contribution is 2.46. The minimum Gasteiger partial charge on any atom is -0.493 e. The number of rotatable bonds is 5. The van der Waals surface area contributed by atoms with Crippen molar-refractivity contribution >= 4 is 22.4 Å². The van der Waals surface area contributed by atoms with E-state index in [1.165, 1.54) is 17.3 Å². The summed E-state index contributed by atoms with van der Waals surface area (Å²) in [5.41, 5.74) is 2.68. The Morgan fingerprint density at radius 1 is 0.933 bits per heavy atom. The fourth-order valence-corrected chi connectivity index (χ4v) is 3.97. The highest BCUT2D eigenvalue weighted by Gasteiger charge is 2.35. The van der Waals surface area contributed by atoms with E-state index >= 15 is 0 Å². The Labute approximate surface area is 175 Å². The van der Waals surface area contributed by atoms with Crippen molar-refractivity contribution in [3.05, 3.63) is 65.7 Å². The highest BCUT2D eigenvalue weighted by atomic mass is 16.5. The Bertz CT molecular complexity index is 1140. The number of nitrogens with zero attached hydrogens (tertiary/aromatic N) is 2. The second-order valence-corrected chi connectivity index (χ2v) is 7.12. The van der Waals surface area contributed by atoms with Crippen molar-refractivity contribution in [1.29, 1.82) is 0 Å². The van der Waals surface area contributed by atoms with E-state index in [-0.39, 0.29) is 11.9 Å². The SMILES string of the molecule is COc1ccc(C2CC(c3ccc4ccccc4c3)=NN2C(C)=O)c(OC)c1OC. The Hall–Kier alpha value is -3.54. The summed E-state index contributed by atoms with van der Waals surface area (Å²) >= 11 is 0. The molecule has 0 saturated heterocycles. The van der Waals surface area contributed by atoms with Crippen LogP contribution in [-0.2, 0) is 4.79 Å². The average molecular weight is 404 g/mol. The molecular weight excluding hydrogens is 380 g/mol. The van der Waals surface area contributed by atoms with Crippen LogP contribution in [0.5, 0.6) is 17.2 Å². The lowest BCUT2D eigenvalue weighted by Gasteiger charge is -2.24. The van der Waals surface area contributed by atoms with E-state index in [9.17, 15) is 4.79 Å². The van der Waals surface area contributed by atoms with Gasteiger partial charge in [-0.05, 0) is 34.5 Å². The minimum atomic E-state index is -0.293. The topological polar surface area (TPSA) is 60.4 Å². The van der Waals surface area contributed by atoms with Crippen LogP contribution in [0.15, 0.2) is 59.7 Å². The Balaban J connectivity index is 1.76. The van der Waals surface area contributed by atoms with Crippen molar-refractivity contribution in [2.75, 3.05) is 21.3 Å². The molecule has 6 nitrogen and oxygen atoms in total. The van der Waals surface area contributed by atoms with E-state index in [1.54, 1.807) is 21.3 Å². The predicted octanol–water partition coefficient (Wildman–Crippen LogP) is 4.56. The minimum absolute atomic E-state index is 0.132. The van der Waals surface area contributed by atoms with Crippen LogP contribution in [0.3, 0.4) is 0 Å². The molecule has 0 aromatic heterocycles. The Kier molecular flexibility index (Phi) is 5.31. The zero-order valence-electron chi connectivity index (χ0n) is 17.5. The van der Waals surface area contributed by atoms with Gasteiger partial charge >= 0.3 is 0 Å². The fourth-order valence-electron chi connectivity index (χ4n) is 3.97. The highest BCUT2D eigenvalue weighted by molar-refractivity contribution is 6.05. The number of benzene rings is 3.